The van der Waals surface area contributed by atoms with Gasteiger partial charge in [0, 0.05) is 33.3 Å². The largest absolute Gasteiger partial charge is 0.376 e. The van der Waals surface area contributed by atoms with Gasteiger partial charge in [-0.15, -0.1) is 0 Å². The lowest BCUT2D eigenvalue weighted by Crippen LogP contribution is -2.63. The molecule has 0 spiro atoms. The van der Waals surface area contributed by atoms with Crippen LogP contribution in [0.15, 0.2) is 65.6 Å². The summed E-state index contributed by atoms with van der Waals surface area (Å²) in [5, 5.41) is 0. The fourth-order valence-electron chi connectivity index (χ4n) is 4.84. The van der Waals surface area contributed by atoms with Crippen molar-refractivity contribution >= 4 is 11.8 Å². The van der Waals surface area contributed by atoms with E-state index in [-0.39, 0.29) is 23.7 Å². The Hall–Kier alpha value is -1.53. The zero-order chi connectivity index (χ0) is 26.2. The molecular formula is C28H38O8S. The Morgan fingerprint density at radius 1 is 0.757 bits per heavy atom. The van der Waals surface area contributed by atoms with Gasteiger partial charge in [0.2, 0.25) is 0 Å². The van der Waals surface area contributed by atoms with E-state index in [1.165, 1.54) is 0 Å². The SMILES string of the molecule is COC1COC(Sc2ccccc2)C(OC)C1OC1OC(C)C(OCc2ccccc2)C(OC)C1OC. The van der Waals surface area contributed by atoms with Gasteiger partial charge in [0.1, 0.15) is 42.1 Å². The Balaban J connectivity index is 1.48. The Morgan fingerprint density at radius 3 is 2.03 bits per heavy atom. The molecule has 9 unspecified atom stereocenters. The number of methoxy groups -OCH3 is 4. The average molecular weight is 535 g/mol. The number of hydrogen-bond donors (Lipinski definition) is 0. The molecule has 0 radical (unpaired) electrons. The molecule has 2 aliphatic rings. The first-order valence-electron chi connectivity index (χ1n) is 12.5. The minimum atomic E-state index is -0.720. The van der Waals surface area contributed by atoms with Crippen molar-refractivity contribution in [3.63, 3.8) is 0 Å². The maximum Gasteiger partial charge on any atom is 0.187 e. The number of thioether (sulfide) groups is 1. The standard InChI is InChI=1S/C28H38O8S/c1-18-22(33-16-19-12-8-6-9-13-19)24(30-3)25(31-4)27(35-18)36-23-21(29-2)17-34-28(26(23)32-5)37-20-14-10-7-11-15-20/h6-15,18,21-28H,16-17H2,1-5H3. The topological polar surface area (TPSA) is 73.8 Å². The molecule has 0 N–H and O–H groups in total. The van der Waals surface area contributed by atoms with Gasteiger partial charge in [0.05, 0.1) is 19.3 Å². The normalized spacial score (nSPS) is 34.4. The highest BCUT2D eigenvalue weighted by Crippen LogP contribution is 2.36. The highest BCUT2D eigenvalue weighted by Gasteiger charge is 2.50. The van der Waals surface area contributed by atoms with Crippen molar-refractivity contribution in [2.75, 3.05) is 35.0 Å². The van der Waals surface area contributed by atoms with E-state index in [2.05, 4.69) is 0 Å². The number of ether oxygens (including phenoxy) is 8. The van der Waals surface area contributed by atoms with Gasteiger partial charge in [-0.3, -0.25) is 0 Å². The predicted molar refractivity (Wildman–Crippen MR) is 139 cm³/mol. The molecule has 0 bridgehead atoms. The summed E-state index contributed by atoms with van der Waals surface area (Å²) in [4.78, 5) is 1.08. The first kappa shape index (κ1) is 28.5. The van der Waals surface area contributed by atoms with E-state index in [9.17, 15) is 0 Å². The van der Waals surface area contributed by atoms with E-state index in [0.29, 0.717) is 13.2 Å². The van der Waals surface area contributed by atoms with Gasteiger partial charge in [-0.2, -0.15) is 0 Å². The van der Waals surface area contributed by atoms with Crippen LogP contribution >= 0.6 is 11.8 Å². The van der Waals surface area contributed by atoms with Crippen molar-refractivity contribution in [2.24, 2.45) is 0 Å². The molecule has 9 atom stereocenters. The van der Waals surface area contributed by atoms with Crippen molar-refractivity contribution in [1.29, 1.82) is 0 Å². The molecule has 0 amide bonds. The summed E-state index contributed by atoms with van der Waals surface area (Å²) < 4.78 is 48.8. The summed E-state index contributed by atoms with van der Waals surface area (Å²) in [7, 11) is 6.58. The third kappa shape index (κ3) is 6.92. The summed E-state index contributed by atoms with van der Waals surface area (Å²) in [5.74, 6) is 0. The molecule has 0 aliphatic carbocycles. The molecule has 2 saturated heterocycles. The summed E-state index contributed by atoms with van der Waals surface area (Å²) in [6.07, 6.45) is -3.51. The van der Waals surface area contributed by atoms with Gasteiger partial charge in [-0.05, 0) is 24.6 Å². The molecule has 2 aliphatic heterocycles. The zero-order valence-corrected chi connectivity index (χ0v) is 22.9. The molecular weight excluding hydrogens is 496 g/mol. The lowest BCUT2D eigenvalue weighted by atomic mass is 9.98. The molecule has 2 aromatic carbocycles. The lowest BCUT2D eigenvalue weighted by molar-refractivity contribution is -0.339. The molecule has 2 aromatic rings. The number of benzene rings is 2. The van der Waals surface area contributed by atoms with Crippen LogP contribution in [-0.4, -0.2) is 89.5 Å². The second-order valence-corrected chi connectivity index (χ2v) is 10.3. The van der Waals surface area contributed by atoms with E-state index >= 15 is 0 Å². The molecule has 0 aromatic heterocycles. The van der Waals surface area contributed by atoms with Crippen LogP contribution in [-0.2, 0) is 44.5 Å². The second kappa shape index (κ2) is 14.0. The van der Waals surface area contributed by atoms with Crippen molar-refractivity contribution in [3.8, 4) is 0 Å². The number of hydrogen-bond acceptors (Lipinski definition) is 9. The molecule has 204 valence electrons. The minimum absolute atomic E-state index is 0.286. The lowest BCUT2D eigenvalue weighted by Gasteiger charge is -2.47. The van der Waals surface area contributed by atoms with Crippen LogP contribution in [0, 0.1) is 0 Å². The van der Waals surface area contributed by atoms with Crippen molar-refractivity contribution in [2.45, 2.75) is 72.9 Å². The van der Waals surface area contributed by atoms with Crippen LogP contribution in [0.2, 0.25) is 0 Å². The van der Waals surface area contributed by atoms with Gasteiger partial charge < -0.3 is 37.9 Å². The Bertz CT molecular complexity index is 919. The molecule has 9 heteroatoms. The second-order valence-electron chi connectivity index (χ2n) is 9.08. The van der Waals surface area contributed by atoms with Crippen LogP contribution < -0.4 is 0 Å². The Kier molecular flexibility index (Phi) is 10.8. The third-order valence-electron chi connectivity index (χ3n) is 6.80. The fraction of sp³-hybridized carbons (Fsp3) is 0.571. The maximum atomic E-state index is 6.60. The first-order valence-corrected chi connectivity index (χ1v) is 13.4. The van der Waals surface area contributed by atoms with Crippen molar-refractivity contribution in [1.82, 2.24) is 0 Å². The van der Waals surface area contributed by atoms with Gasteiger partial charge >= 0.3 is 0 Å². The van der Waals surface area contributed by atoms with Gasteiger partial charge in [-0.25, -0.2) is 0 Å². The quantitative estimate of drug-likeness (QED) is 0.427. The summed E-state index contributed by atoms with van der Waals surface area (Å²) in [6, 6.07) is 20.1. The Labute approximate surface area is 223 Å². The van der Waals surface area contributed by atoms with E-state index in [0.717, 1.165) is 10.5 Å². The molecule has 2 heterocycles. The Morgan fingerprint density at radius 2 is 1.41 bits per heavy atom. The molecule has 0 saturated carbocycles. The van der Waals surface area contributed by atoms with Crippen LogP contribution in [0.5, 0.6) is 0 Å². The fourth-order valence-corrected chi connectivity index (χ4v) is 5.97. The zero-order valence-electron chi connectivity index (χ0n) is 22.1. The van der Waals surface area contributed by atoms with E-state index in [1.54, 1.807) is 40.2 Å². The predicted octanol–water partition coefficient (Wildman–Crippen LogP) is 3.91. The van der Waals surface area contributed by atoms with Crippen LogP contribution in [0.1, 0.15) is 12.5 Å². The third-order valence-corrected chi connectivity index (χ3v) is 7.98. The average Bonchev–Trinajstić information content (AvgIpc) is 2.93. The summed E-state index contributed by atoms with van der Waals surface area (Å²) in [6.45, 7) is 2.77. The van der Waals surface area contributed by atoms with Gasteiger partial charge in [-0.1, -0.05) is 60.3 Å². The summed E-state index contributed by atoms with van der Waals surface area (Å²) >= 11 is 1.59. The monoisotopic (exact) mass is 534 g/mol. The highest BCUT2D eigenvalue weighted by molar-refractivity contribution is 7.99. The molecule has 8 nitrogen and oxygen atoms in total. The molecule has 4 rings (SSSR count). The van der Waals surface area contributed by atoms with E-state index in [4.69, 9.17) is 37.9 Å². The number of rotatable bonds is 11. The first-order chi connectivity index (χ1) is 18.1. The highest BCUT2D eigenvalue weighted by atomic mass is 32.2. The minimum Gasteiger partial charge on any atom is -0.376 e. The van der Waals surface area contributed by atoms with Gasteiger partial charge in [0.15, 0.2) is 6.29 Å². The van der Waals surface area contributed by atoms with E-state index in [1.807, 2.05) is 67.6 Å². The maximum absolute atomic E-state index is 6.60. The van der Waals surface area contributed by atoms with Crippen LogP contribution in [0.25, 0.3) is 0 Å². The van der Waals surface area contributed by atoms with Gasteiger partial charge in [0.25, 0.3) is 0 Å². The molecule has 37 heavy (non-hydrogen) atoms. The van der Waals surface area contributed by atoms with Crippen molar-refractivity contribution in [3.05, 3.63) is 66.2 Å². The molecule has 2 fully saturated rings. The summed E-state index contributed by atoms with van der Waals surface area (Å²) in [5.41, 5.74) is 0.790. The van der Waals surface area contributed by atoms with Crippen molar-refractivity contribution < 1.29 is 37.9 Å². The van der Waals surface area contributed by atoms with E-state index < -0.39 is 30.7 Å². The van der Waals surface area contributed by atoms with Crippen LogP contribution in [0.4, 0.5) is 0 Å². The van der Waals surface area contributed by atoms with Crippen LogP contribution in [0.3, 0.4) is 0 Å². The smallest absolute Gasteiger partial charge is 0.187 e.